The molecule has 7 heteroatoms. The van der Waals surface area contributed by atoms with E-state index >= 15 is 0 Å². The smallest absolute Gasteiger partial charge is 0.101 e. The first-order valence-electron chi connectivity index (χ1n) is 7.82. The summed E-state index contributed by atoms with van der Waals surface area (Å²) in [5.74, 6) is 0. The van der Waals surface area contributed by atoms with E-state index in [1.165, 1.54) is 0 Å². The van der Waals surface area contributed by atoms with Crippen LogP contribution in [-0.2, 0) is 6.54 Å². The van der Waals surface area contributed by atoms with Crippen molar-refractivity contribution >= 4 is 23.4 Å². The Morgan fingerprint density at radius 3 is 2.92 bits per heavy atom. The highest BCUT2D eigenvalue weighted by molar-refractivity contribution is 8.02. The summed E-state index contributed by atoms with van der Waals surface area (Å²) in [6.07, 6.45) is 4.47. The maximum absolute atomic E-state index is 8.96. The van der Waals surface area contributed by atoms with Crippen molar-refractivity contribution < 1.29 is 0 Å². The highest BCUT2D eigenvalue weighted by Gasteiger charge is 2.24. The number of benzene rings is 1. The van der Waals surface area contributed by atoms with Crippen LogP contribution in [0.5, 0.6) is 0 Å². The summed E-state index contributed by atoms with van der Waals surface area (Å²) in [5, 5.41) is 25.2. The number of rotatable bonds is 5. The van der Waals surface area contributed by atoms with Crippen LogP contribution < -0.4 is 0 Å². The minimum absolute atomic E-state index is 0.173. The van der Waals surface area contributed by atoms with Gasteiger partial charge in [-0.1, -0.05) is 17.7 Å². The molecule has 2 heterocycles. The van der Waals surface area contributed by atoms with Crippen LogP contribution in [0, 0.1) is 22.7 Å². The topological polar surface area (TPSA) is 68.6 Å². The highest BCUT2D eigenvalue weighted by Crippen LogP contribution is 2.30. The van der Waals surface area contributed by atoms with Gasteiger partial charge in [0, 0.05) is 24.0 Å². The van der Waals surface area contributed by atoms with Gasteiger partial charge in [-0.2, -0.15) is 15.6 Å². The molecule has 0 radical (unpaired) electrons. The largest absolute Gasteiger partial charge is 0.359 e. The van der Waals surface area contributed by atoms with Gasteiger partial charge in [-0.25, -0.2) is 0 Å². The van der Waals surface area contributed by atoms with Gasteiger partial charge in [0.25, 0.3) is 0 Å². The second-order valence-electron chi connectivity index (χ2n) is 5.76. The van der Waals surface area contributed by atoms with Gasteiger partial charge in [0.05, 0.1) is 40.7 Å². The van der Waals surface area contributed by atoms with Crippen LogP contribution >= 0.6 is 23.4 Å². The van der Waals surface area contributed by atoms with E-state index in [1.807, 2.05) is 34.6 Å². The molecule has 0 spiro atoms. The molecule has 1 unspecified atom stereocenters. The number of thioether (sulfide) groups is 1. The molecule has 3 rings (SSSR count). The van der Waals surface area contributed by atoms with Gasteiger partial charge in [0.1, 0.15) is 6.07 Å². The van der Waals surface area contributed by atoms with Crippen LogP contribution in [0.1, 0.15) is 18.9 Å². The molecule has 0 amide bonds. The molecular weight excluding hydrogens is 354 g/mol. The van der Waals surface area contributed by atoms with E-state index in [-0.39, 0.29) is 11.4 Å². The lowest BCUT2D eigenvalue weighted by molar-refractivity contribution is 0.251. The van der Waals surface area contributed by atoms with Crippen molar-refractivity contribution in [2.75, 3.05) is 0 Å². The Labute approximate surface area is 156 Å². The van der Waals surface area contributed by atoms with Crippen LogP contribution in [0.15, 0.2) is 42.1 Å². The Morgan fingerprint density at radius 2 is 2.20 bits per heavy atom. The van der Waals surface area contributed by atoms with E-state index in [4.69, 9.17) is 22.1 Å². The van der Waals surface area contributed by atoms with Crippen molar-refractivity contribution in [2.45, 2.75) is 31.3 Å². The maximum atomic E-state index is 8.96. The molecule has 1 aromatic carbocycles. The Kier molecular flexibility index (Phi) is 5.33. The molecule has 0 fully saturated rings. The molecule has 0 N–H and O–H groups in total. The molecular formula is C18H16ClN5S. The third-order valence-corrected chi connectivity index (χ3v) is 5.37. The Balaban J connectivity index is 1.72. The molecule has 1 aliphatic rings. The molecule has 1 aliphatic heterocycles. The Bertz CT molecular complexity index is 876. The highest BCUT2D eigenvalue weighted by atomic mass is 35.5. The predicted molar refractivity (Wildman–Crippen MR) is 99.4 cm³/mol. The molecule has 0 saturated heterocycles. The first-order valence-corrected chi connectivity index (χ1v) is 9.14. The molecule has 2 atom stereocenters. The van der Waals surface area contributed by atoms with Crippen LogP contribution in [0.4, 0.5) is 0 Å². The number of hydrogen-bond donors (Lipinski definition) is 0. The third kappa shape index (κ3) is 3.82. The zero-order valence-corrected chi connectivity index (χ0v) is 15.2. The SMILES string of the molecule is CC(Cn1ccc(-c2ccc(C#N)c(Cl)c2)n1)N1C=CS[C@H]1CC#N. The molecule has 5 nitrogen and oxygen atoms in total. The second kappa shape index (κ2) is 7.65. The average Bonchev–Trinajstić information content (AvgIpc) is 3.24. The molecule has 2 aromatic rings. The minimum Gasteiger partial charge on any atom is -0.359 e. The van der Waals surface area contributed by atoms with E-state index in [2.05, 4.69) is 29.1 Å². The van der Waals surface area contributed by atoms with Gasteiger partial charge in [-0.3, -0.25) is 4.68 Å². The normalized spacial score (nSPS) is 17.3. The summed E-state index contributed by atoms with van der Waals surface area (Å²) < 4.78 is 1.90. The summed E-state index contributed by atoms with van der Waals surface area (Å²) >= 11 is 7.78. The van der Waals surface area contributed by atoms with Gasteiger partial charge in [0.2, 0.25) is 0 Å². The molecule has 0 bridgehead atoms. The van der Waals surface area contributed by atoms with Crippen LogP contribution in [0.25, 0.3) is 11.3 Å². The van der Waals surface area contributed by atoms with Gasteiger partial charge >= 0.3 is 0 Å². The third-order valence-electron chi connectivity index (χ3n) is 4.05. The van der Waals surface area contributed by atoms with E-state index in [9.17, 15) is 0 Å². The quantitative estimate of drug-likeness (QED) is 0.789. The fourth-order valence-electron chi connectivity index (χ4n) is 2.77. The fourth-order valence-corrected chi connectivity index (χ4v) is 3.98. The monoisotopic (exact) mass is 369 g/mol. The summed E-state index contributed by atoms with van der Waals surface area (Å²) in [7, 11) is 0. The maximum Gasteiger partial charge on any atom is 0.101 e. The van der Waals surface area contributed by atoms with Gasteiger partial charge < -0.3 is 4.90 Å². The van der Waals surface area contributed by atoms with Gasteiger partial charge in [-0.15, -0.1) is 11.8 Å². The van der Waals surface area contributed by atoms with E-state index < -0.39 is 0 Å². The molecule has 0 aliphatic carbocycles. The van der Waals surface area contributed by atoms with Crippen molar-refractivity contribution in [1.29, 1.82) is 10.5 Å². The first-order chi connectivity index (χ1) is 12.1. The molecule has 126 valence electrons. The van der Waals surface area contributed by atoms with Crippen molar-refractivity contribution in [3.63, 3.8) is 0 Å². The van der Waals surface area contributed by atoms with E-state index in [0.717, 1.165) is 17.8 Å². The standard InChI is InChI=1S/C18H16ClN5S/c1-13(24-8-9-25-18(24)4-6-20)12-23-7-5-17(22-23)14-2-3-15(11-21)16(19)10-14/h2-3,5,7-10,13,18H,4,12H2,1H3/t13?,18-/m0/s1. The Hall–Kier alpha value is -2.41. The van der Waals surface area contributed by atoms with Crippen molar-refractivity contribution in [1.82, 2.24) is 14.7 Å². The number of nitriles is 2. The molecule has 0 saturated carbocycles. The van der Waals surface area contributed by atoms with Crippen molar-refractivity contribution in [2.24, 2.45) is 0 Å². The number of nitrogens with zero attached hydrogens (tertiary/aromatic N) is 5. The summed E-state index contributed by atoms with van der Waals surface area (Å²) in [5.41, 5.74) is 2.16. The fraction of sp³-hybridized carbons (Fsp3) is 0.278. The number of halogens is 1. The van der Waals surface area contributed by atoms with E-state index in [0.29, 0.717) is 17.0 Å². The number of aromatic nitrogens is 2. The summed E-state index contributed by atoms with van der Waals surface area (Å²) in [4.78, 5) is 2.20. The van der Waals surface area contributed by atoms with Gasteiger partial charge in [0.15, 0.2) is 0 Å². The lowest BCUT2D eigenvalue weighted by atomic mass is 10.1. The van der Waals surface area contributed by atoms with Crippen molar-refractivity contribution in [3.05, 3.63) is 52.7 Å². The lowest BCUT2D eigenvalue weighted by Crippen LogP contribution is -2.36. The average molecular weight is 370 g/mol. The summed E-state index contributed by atoms with van der Waals surface area (Å²) in [6, 6.07) is 11.8. The summed E-state index contributed by atoms with van der Waals surface area (Å²) in [6.45, 7) is 2.84. The van der Waals surface area contributed by atoms with Crippen LogP contribution in [-0.4, -0.2) is 26.1 Å². The zero-order valence-electron chi connectivity index (χ0n) is 13.6. The van der Waals surface area contributed by atoms with Crippen LogP contribution in [0.3, 0.4) is 0 Å². The number of hydrogen-bond acceptors (Lipinski definition) is 5. The van der Waals surface area contributed by atoms with Gasteiger partial charge in [-0.05, 0) is 30.5 Å². The van der Waals surface area contributed by atoms with E-state index in [1.54, 1.807) is 23.9 Å². The lowest BCUT2D eigenvalue weighted by Gasteiger charge is -2.29. The molecule has 25 heavy (non-hydrogen) atoms. The minimum atomic E-state index is 0.173. The van der Waals surface area contributed by atoms with Crippen LogP contribution in [0.2, 0.25) is 5.02 Å². The Morgan fingerprint density at radius 1 is 1.36 bits per heavy atom. The predicted octanol–water partition coefficient (Wildman–Crippen LogP) is 4.22. The van der Waals surface area contributed by atoms with Crippen molar-refractivity contribution in [3.8, 4) is 23.4 Å². The first kappa shape index (κ1) is 17.4. The second-order valence-corrected chi connectivity index (χ2v) is 7.26. The molecule has 1 aromatic heterocycles. The zero-order chi connectivity index (χ0) is 17.8.